The average molecular weight is 227 g/mol. The summed E-state index contributed by atoms with van der Waals surface area (Å²) in [7, 11) is 2.14. The molecule has 1 fully saturated rings. The van der Waals surface area contributed by atoms with Gasteiger partial charge < -0.3 is 15.5 Å². The van der Waals surface area contributed by atoms with Crippen molar-refractivity contribution in [3.05, 3.63) is 0 Å². The van der Waals surface area contributed by atoms with E-state index in [0.29, 0.717) is 18.6 Å². The Morgan fingerprint density at radius 2 is 2.25 bits per heavy atom. The first-order valence-electron chi connectivity index (χ1n) is 6.33. The molecule has 16 heavy (non-hydrogen) atoms. The second-order valence-electron chi connectivity index (χ2n) is 4.80. The van der Waals surface area contributed by atoms with Crippen LogP contribution in [0.1, 0.15) is 33.1 Å². The maximum absolute atomic E-state index is 11.6. The summed E-state index contributed by atoms with van der Waals surface area (Å²) in [5.74, 6) is 0.134. The van der Waals surface area contributed by atoms with Gasteiger partial charge in [0.05, 0.1) is 6.54 Å². The normalized spacial score (nSPS) is 26.7. The zero-order valence-corrected chi connectivity index (χ0v) is 10.8. The van der Waals surface area contributed by atoms with Crippen LogP contribution < -0.4 is 10.6 Å². The number of nitrogens with one attached hydrogen (secondary N) is 2. The Labute approximate surface area is 98.8 Å². The smallest absolute Gasteiger partial charge is 0.234 e. The molecular weight excluding hydrogens is 202 g/mol. The van der Waals surface area contributed by atoms with Crippen LogP contribution >= 0.6 is 0 Å². The van der Waals surface area contributed by atoms with Gasteiger partial charge in [-0.3, -0.25) is 4.79 Å². The van der Waals surface area contributed by atoms with Crippen LogP contribution in [0.25, 0.3) is 0 Å². The molecule has 0 radical (unpaired) electrons. The fourth-order valence-electron chi connectivity index (χ4n) is 2.08. The lowest BCUT2D eigenvalue weighted by Gasteiger charge is -2.35. The average Bonchev–Trinajstić information content (AvgIpc) is 2.24. The van der Waals surface area contributed by atoms with Gasteiger partial charge in [0.2, 0.25) is 5.91 Å². The molecule has 94 valence electrons. The van der Waals surface area contributed by atoms with Crippen LogP contribution in [-0.2, 0) is 4.79 Å². The lowest BCUT2D eigenvalue weighted by Crippen LogP contribution is -2.49. The van der Waals surface area contributed by atoms with E-state index in [9.17, 15) is 4.79 Å². The number of carbonyl (C=O) groups is 1. The van der Waals surface area contributed by atoms with Gasteiger partial charge in [-0.25, -0.2) is 0 Å². The third-order valence-electron chi connectivity index (χ3n) is 3.29. The molecule has 0 spiro atoms. The minimum Gasteiger partial charge on any atom is -0.352 e. The van der Waals surface area contributed by atoms with E-state index in [1.54, 1.807) is 0 Å². The second kappa shape index (κ2) is 6.86. The van der Waals surface area contributed by atoms with E-state index in [1.807, 2.05) is 0 Å². The number of hydrogen-bond acceptors (Lipinski definition) is 3. The standard InChI is InChI=1S/C12H25N3O/c1-4-6-13-9-12(16)14-11-5-7-15(3)10(2)8-11/h10-11,13H,4-9H2,1-3H3,(H,14,16). The van der Waals surface area contributed by atoms with Crippen molar-refractivity contribution in [2.75, 3.05) is 26.7 Å². The molecule has 4 nitrogen and oxygen atoms in total. The first-order valence-corrected chi connectivity index (χ1v) is 6.33. The number of piperidine rings is 1. The van der Waals surface area contributed by atoms with Crippen molar-refractivity contribution >= 4 is 5.91 Å². The van der Waals surface area contributed by atoms with Crippen molar-refractivity contribution in [3.63, 3.8) is 0 Å². The molecule has 4 heteroatoms. The zero-order valence-electron chi connectivity index (χ0n) is 10.8. The van der Waals surface area contributed by atoms with Gasteiger partial charge in [-0.05, 0) is 39.8 Å². The number of nitrogens with zero attached hydrogens (tertiary/aromatic N) is 1. The summed E-state index contributed by atoms with van der Waals surface area (Å²) >= 11 is 0. The maximum Gasteiger partial charge on any atom is 0.234 e. The van der Waals surface area contributed by atoms with E-state index >= 15 is 0 Å². The molecular formula is C12H25N3O. The van der Waals surface area contributed by atoms with Gasteiger partial charge in [0.25, 0.3) is 0 Å². The van der Waals surface area contributed by atoms with Crippen LogP contribution in [0.3, 0.4) is 0 Å². The third kappa shape index (κ3) is 4.49. The van der Waals surface area contributed by atoms with Gasteiger partial charge in [-0.15, -0.1) is 0 Å². The zero-order chi connectivity index (χ0) is 12.0. The second-order valence-corrected chi connectivity index (χ2v) is 4.80. The van der Waals surface area contributed by atoms with Crippen LogP contribution in [0.5, 0.6) is 0 Å². The van der Waals surface area contributed by atoms with Crippen molar-refractivity contribution in [1.82, 2.24) is 15.5 Å². The number of likely N-dealkylation sites (tertiary alicyclic amines) is 1. The molecule has 1 amide bonds. The lowest BCUT2D eigenvalue weighted by atomic mass is 9.99. The summed E-state index contributed by atoms with van der Waals surface area (Å²) in [6.07, 6.45) is 3.20. The summed E-state index contributed by atoms with van der Waals surface area (Å²) < 4.78 is 0. The van der Waals surface area contributed by atoms with Crippen molar-refractivity contribution in [3.8, 4) is 0 Å². The fourth-order valence-corrected chi connectivity index (χ4v) is 2.08. The highest BCUT2D eigenvalue weighted by Crippen LogP contribution is 2.14. The molecule has 0 aromatic rings. The lowest BCUT2D eigenvalue weighted by molar-refractivity contribution is -0.121. The molecule has 0 saturated carbocycles. The highest BCUT2D eigenvalue weighted by atomic mass is 16.1. The molecule has 0 aromatic carbocycles. The molecule has 1 aliphatic rings. The quantitative estimate of drug-likeness (QED) is 0.676. The Kier molecular flexibility index (Phi) is 5.77. The summed E-state index contributed by atoms with van der Waals surface area (Å²) in [5, 5.41) is 6.22. The largest absolute Gasteiger partial charge is 0.352 e. The van der Waals surface area contributed by atoms with Crippen molar-refractivity contribution in [2.45, 2.75) is 45.2 Å². The first-order chi connectivity index (χ1) is 7.63. The molecule has 2 N–H and O–H groups in total. The molecule has 0 bridgehead atoms. The number of carbonyl (C=O) groups excluding carboxylic acids is 1. The summed E-state index contributed by atoms with van der Waals surface area (Å²) in [5.41, 5.74) is 0. The predicted octanol–water partition coefficient (Wildman–Crippen LogP) is 0.585. The molecule has 2 atom stereocenters. The third-order valence-corrected chi connectivity index (χ3v) is 3.29. The summed E-state index contributed by atoms with van der Waals surface area (Å²) in [6.45, 7) is 6.76. The highest BCUT2D eigenvalue weighted by molar-refractivity contribution is 5.78. The van der Waals surface area contributed by atoms with Crippen LogP contribution in [0, 0.1) is 0 Å². The monoisotopic (exact) mass is 227 g/mol. The maximum atomic E-state index is 11.6. The molecule has 1 heterocycles. The van der Waals surface area contributed by atoms with E-state index in [4.69, 9.17) is 0 Å². The fraction of sp³-hybridized carbons (Fsp3) is 0.917. The van der Waals surface area contributed by atoms with Crippen LogP contribution in [0.15, 0.2) is 0 Å². The topological polar surface area (TPSA) is 44.4 Å². The number of hydrogen-bond donors (Lipinski definition) is 2. The predicted molar refractivity (Wildman–Crippen MR) is 66.4 cm³/mol. The van der Waals surface area contributed by atoms with E-state index in [1.165, 1.54) is 0 Å². The minimum absolute atomic E-state index is 0.134. The van der Waals surface area contributed by atoms with Crippen molar-refractivity contribution in [1.29, 1.82) is 0 Å². The summed E-state index contributed by atoms with van der Waals surface area (Å²) in [4.78, 5) is 13.9. The van der Waals surface area contributed by atoms with E-state index in [0.717, 1.165) is 32.4 Å². The van der Waals surface area contributed by atoms with Gasteiger partial charge >= 0.3 is 0 Å². The van der Waals surface area contributed by atoms with Crippen molar-refractivity contribution < 1.29 is 4.79 Å². The molecule has 2 unspecified atom stereocenters. The Hall–Kier alpha value is -0.610. The van der Waals surface area contributed by atoms with E-state index in [2.05, 4.69) is 36.4 Å². The molecule has 1 aliphatic heterocycles. The Morgan fingerprint density at radius 3 is 2.88 bits per heavy atom. The Morgan fingerprint density at radius 1 is 1.50 bits per heavy atom. The molecule has 1 rings (SSSR count). The van der Waals surface area contributed by atoms with Crippen molar-refractivity contribution in [2.24, 2.45) is 0 Å². The highest BCUT2D eigenvalue weighted by Gasteiger charge is 2.23. The first kappa shape index (κ1) is 13.5. The number of rotatable bonds is 5. The molecule has 1 saturated heterocycles. The minimum atomic E-state index is 0.134. The molecule has 0 aliphatic carbocycles. The molecule has 0 aromatic heterocycles. The van der Waals surface area contributed by atoms with Crippen LogP contribution in [0.4, 0.5) is 0 Å². The van der Waals surface area contributed by atoms with Crippen LogP contribution in [-0.4, -0.2) is 49.6 Å². The van der Waals surface area contributed by atoms with Gasteiger partial charge in [0, 0.05) is 18.6 Å². The number of amides is 1. The van der Waals surface area contributed by atoms with E-state index < -0.39 is 0 Å². The van der Waals surface area contributed by atoms with Gasteiger partial charge in [0.15, 0.2) is 0 Å². The van der Waals surface area contributed by atoms with Crippen LogP contribution in [0.2, 0.25) is 0 Å². The SMILES string of the molecule is CCCNCC(=O)NC1CCN(C)C(C)C1. The Bertz CT molecular complexity index is 220. The summed E-state index contributed by atoms with van der Waals surface area (Å²) in [6, 6.07) is 0.935. The van der Waals surface area contributed by atoms with Gasteiger partial charge in [0.1, 0.15) is 0 Å². The van der Waals surface area contributed by atoms with E-state index in [-0.39, 0.29) is 5.91 Å². The Balaban J connectivity index is 2.19. The van der Waals surface area contributed by atoms with Gasteiger partial charge in [-0.1, -0.05) is 6.92 Å². The van der Waals surface area contributed by atoms with Gasteiger partial charge in [-0.2, -0.15) is 0 Å².